The molecule has 2 amide bonds. The predicted octanol–water partition coefficient (Wildman–Crippen LogP) is 3.91. The van der Waals surface area contributed by atoms with Crippen LogP contribution in [0, 0.1) is 0 Å². The number of amides is 2. The zero-order chi connectivity index (χ0) is 15.9. The molecule has 0 heterocycles. The third-order valence-electron chi connectivity index (χ3n) is 2.88. The molecule has 0 fully saturated rings. The zero-order valence-electron chi connectivity index (χ0n) is 12.0. The van der Waals surface area contributed by atoms with Gasteiger partial charge in [-0.2, -0.15) is 5.10 Å². The van der Waals surface area contributed by atoms with Gasteiger partial charge in [-0.25, -0.2) is 10.2 Å². The Kier molecular flexibility index (Phi) is 5.38. The van der Waals surface area contributed by atoms with Crippen molar-refractivity contribution in [3.05, 3.63) is 59.1 Å². The summed E-state index contributed by atoms with van der Waals surface area (Å²) >= 11 is 5.86. The highest BCUT2D eigenvalue weighted by molar-refractivity contribution is 6.30. The monoisotopic (exact) mass is 317 g/mol. The van der Waals surface area contributed by atoms with E-state index >= 15 is 0 Å². The number of hydrazone groups is 1. The number of benzene rings is 2. The molecule has 2 aromatic carbocycles. The van der Waals surface area contributed by atoms with Gasteiger partial charge in [0.05, 0.1) is 5.71 Å². The van der Waals surface area contributed by atoms with E-state index in [0.717, 1.165) is 5.56 Å². The molecule has 0 aromatic heterocycles. The van der Waals surface area contributed by atoms with E-state index in [1.165, 1.54) is 0 Å². The first kappa shape index (κ1) is 15.9. The van der Waals surface area contributed by atoms with Gasteiger partial charge in [0, 0.05) is 10.6 Å². The summed E-state index contributed by atoms with van der Waals surface area (Å²) in [6.45, 7) is 1.93. The lowest BCUT2D eigenvalue weighted by atomic mass is 10.1. The van der Waals surface area contributed by atoms with Gasteiger partial charge in [-0.3, -0.25) is 0 Å². The van der Waals surface area contributed by atoms with Crippen LogP contribution in [0.5, 0.6) is 11.5 Å². The van der Waals surface area contributed by atoms with E-state index in [-0.39, 0.29) is 0 Å². The Morgan fingerprint density at radius 2 is 1.91 bits per heavy atom. The SMILES string of the molecule is CC/C(=N/NC(N)=O)c1ccccc1Oc1ccc(Cl)cc1. The minimum absolute atomic E-state index is 0.612. The number of halogens is 1. The minimum Gasteiger partial charge on any atom is -0.457 e. The van der Waals surface area contributed by atoms with E-state index in [0.29, 0.717) is 28.7 Å². The van der Waals surface area contributed by atoms with Gasteiger partial charge in [0.25, 0.3) is 0 Å². The molecule has 0 unspecified atom stereocenters. The first-order chi connectivity index (χ1) is 10.6. The van der Waals surface area contributed by atoms with Gasteiger partial charge in [0.2, 0.25) is 0 Å². The lowest BCUT2D eigenvalue weighted by Gasteiger charge is -2.12. The number of hydrogen-bond acceptors (Lipinski definition) is 3. The molecule has 2 rings (SSSR count). The van der Waals surface area contributed by atoms with Gasteiger partial charge in [-0.05, 0) is 42.8 Å². The van der Waals surface area contributed by atoms with Crippen molar-refractivity contribution in [1.82, 2.24) is 5.43 Å². The molecular weight excluding hydrogens is 302 g/mol. The number of nitrogens with zero attached hydrogens (tertiary/aromatic N) is 1. The van der Waals surface area contributed by atoms with Crippen molar-refractivity contribution in [2.24, 2.45) is 10.8 Å². The number of nitrogens with two attached hydrogens (primary N) is 1. The minimum atomic E-state index is -0.706. The molecule has 0 atom stereocenters. The van der Waals surface area contributed by atoms with E-state index in [2.05, 4.69) is 10.5 Å². The van der Waals surface area contributed by atoms with Crippen LogP contribution < -0.4 is 15.9 Å². The third kappa shape index (κ3) is 4.23. The topological polar surface area (TPSA) is 76.7 Å². The summed E-state index contributed by atoms with van der Waals surface area (Å²) in [6, 6.07) is 13.8. The highest BCUT2D eigenvalue weighted by Crippen LogP contribution is 2.27. The van der Waals surface area contributed by atoms with Crippen molar-refractivity contribution in [2.75, 3.05) is 0 Å². The van der Waals surface area contributed by atoms with E-state index in [1.54, 1.807) is 24.3 Å². The highest BCUT2D eigenvalue weighted by atomic mass is 35.5. The second-order valence-electron chi connectivity index (χ2n) is 4.44. The molecule has 0 aliphatic heterocycles. The highest BCUT2D eigenvalue weighted by Gasteiger charge is 2.10. The fourth-order valence-corrected chi connectivity index (χ4v) is 2.00. The molecule has 0 saturated carbocycles. The van der Waals surface area contributed by atoms with Gasteiger partial charge in [0.15, 0.2) is 0 Å². The average Bonchev–Trinajstić information content (AvgIpc) is 2.51. The van der Waals surface area contributed by atoms with Gasteiger partial charge in [-0.1, -0.05) is 30.7 Å². The summed E-state index contributed by atoms with van der Waals surface area (Å²) in [5, 5.41) is 4.66. The van der Waals surface area contributed by atoms with Crippen LogP contribution in [0.15, 0.2) is 53.6 Å². The van der Waals surface area contributed by atoms with E-state index in [1.807, 2.05) is 31.2 Å². The van der Waals surface area contributed by atoms with Crippen LogP contribution in [0.3, 0.4) is 0 Å². The molecule has 114 valence electrons. The Balaban J connectivity index is 2.31. The summed E-state index contributed by atoms with van der Waals surface area (Å²) in [5.41, 5.74) is 8.75. The summed E-state index contributed by atoms with van der Waals surface area (Å²) in [6.07, 6.45) is 0.612. The van der Waals surface area contributed by atoms with Crippen LogP contribution in [-0.4, -0.2) is 11.7 Å². The molecule has 2 aromatic rings. The maximum Gasteiger partial charge on any atom is 0.332 e. The maximum atomic E-state index is 10.8. The molecule has 22 heavy (non-hydrogen) atoms. The average molecular weight is 318 g/mol. The molecule has 0 bridgehead atoms. The molecule has 0 spiro atoms. The Morgan fingerprint density at radius 3 is 2.55 bits per heavy atom. The zero-order valence-corrected chi connectivity index (χ0v) is 12.8. The Morgan fingerprint density at radius 1 is 1.23 bits per heavy atom. The largest absolute Gasteiger partial charge is 0.457 e. The second kappa shape index (κ2) is 7.47. The predicted molar refractivity (Wildman–Crippen MR) is 87.5 cm³/mol. The number of nitrogens with one attached hydrogen (secondary N) is 1. The number of urea groups is 1. The summed E-state index contributed by atoms with van der Waals surface area (Å²) < 4.78 is 5.87. The van der Waals surface area contributed by atoms with E-state index in [9.17, 15) is 4.79 Å². The molecule has 5 nitrogen and oxygen atoms in total. The van der Waals surface area contributed by atoms with Crippen molar-refractivity contribution in [2.45, 2.75) is 13.3 Å². The number of ether oxygens (including phenoxy) is 1. The van der Waals surface area contributed by atoms with Crippen molar-refractivity contribution in [3.63, 3.8) is 0 Å². The van der Waals surface area contributed by atoms with E-state index < -0.39 is 6.03 Å². The lowest BCUT2D eigenvalue weighted by molar-refractivity contribution is 0.249. The van der Waals surface area contributed by atoms with Gasteiger partial charge >= 0.3 is 6.03 Å². The first-order valence-corrected chi connectivity index (χ1v) is 7.12. The molecular formula is C16H16ClN3O2. The lowest BCUT2D eigenvalue weighted by Crippen LogP contribution is -2.26. The Bertz CT molecular complexity index is 684. The van der Waals surface area contributed by atoms with Crippen LogP contribution in [0.4, 0.5) is 4.79 Å². The fraction of sp³-hybridized carbons (Fsp3) is 0.125. The third-order valence-corrected chi connectivity index (χ3v) is 3.13. The van der Waals surface area contributed by atoms with Crippen LogP contribution >= 0.6 is 11.6 Å². The molecule has 6 heteroatoms. The second-order valence-corrected chi connectivity index (χ2v) is 4.88. The summed E-state index contributed by atoms with van der Waals surface area (Å²) in [4.78, 5) is 10.8. The fourth-order valence-electron chi connectivity index (χ4n) is 1.88. The Hall–Kier alpha value is -2.53. The quantitative estimate of drug-likeness (QED) is 0.647. The number of para-hydroxylation sites is 1. The van der Waals surface area contributed by atoms with Crippen LogP contribution in [0.1, 0.15) is 18.9 Å². The van der Waals surface area contributed by atoms with Crippen molar-refractivity contribution in [1.29, 1.82) is 0 Å². The van der Waals surface area contributed by atoms with Crippen molar-refractivity contribution >= 4 is 23.3 Å². The number of hydrogen-bond donors (Lipinski definition) is 2. The van der Waals surface area contributed by atoms with Crippen LogP contribution in [-0.2, 0) is 0 Å². The molecule has 0 aliphatic carbocycles. The number of carbonyl (C=O) groups excluding carboxylic acids is 1. The Labute approximate surface area is 133 Å². The molecule has 0 saturated heterocycles. The number of primary amides is 1. The molecule has 0 aliphatic rings. The molecule has 0 radical (unpaired) electrons. The first-order valence-electron chi connectivity index (χ1n) is 6.75. The van der Waals surface area contributed by atoms with Crippen molar-refractivity contribution < 1.29 is 9.53 Å². The summed E-state index contributed by atoms with van der Waals surface area (Å²) in [5.74, 6) is 1.30. The van der Waals surface area contributed by atoms with Crippen LogP contribution in [0.25, 0.3) is 0 Å². The van der Waals surface area contributed by atoms with Gasteiger partial charge in [0.1, 0.15) is 11.5 Å². The maximum absolute atomic E-state index is 10.8. The number of rotatable bonds is 5. The van der Waals surface area contributed by atoms with Crippen molar-refractivity contribution in [3.8, 4) is 11.5 Å². The summed E-state index contributed by atoms with van der Waals surface area (Å²) in [7, 11) is 0. The van der Waals surface area contributed by atoms with Crippen LogP contribution in [0.2, 0.25) is 5.02 Å². The number of carbonyl (C=O) groups is 1. The smallest absolute Gasteiger partial charge is 0.332 e. The normalized spacial score (nSPS) is 11.1. The van der Waals surface area contributed by atoms with E-state index in [4.69, 9.17) is 22.1 Å². The molecule has 3 N–H and O–H groups in total. The van der Waals surface area contributed by atoms with Gasteiger partial charge in [-0.15, -0.1) is 0 Å². The standard InChI is InChI=1S/C16H16ClN3O2/c1-2-14(19-20-16(18)21)13-5-3-4-6-15(13)22-12-9-7-11(17)8-10-12/h3-10H,2H2,1H3,(H3,18,20,21)/b19-14-. The van der Waals surface area contributed by atoms with Gasteiger partial charge < -0.3 is 10.5 Å².